The number of nitrogens with one attached hydrogen (secondary N) is 1. The van der Waals surface area contributed by atoms with E-state index in [1.807, 2.05) is 0 Å². The maximum atomic E-state index is 13.0. The maximum Gasteiger partial charge on any atom is 0.244 e. The first-order valence-electron chi connectivity index (χ1n) is 5.93. The van der Waals surface area contributed by atoms with Crippen molar-refractivity contribution in [1.82, 2.24) is 9.62 Å². The molecule has 1 unspecified atom stereocenters. The van der Waals surface area contributed by atoms with Gasteiger partial charge in [-0.3, -0.25) is 4.79 Å². The van der Waals surface area contributed by atoms with E-state index in [0.29, 0.717) is 0 Å². The second-order valence-corrected chi connectivity index (χ2v) is 6.50. The summed E-state index contributed by atoms with van der Waals surface area (Å²) in [6, 6.07) is 3.09. The van der Waals surface area contributed by atoms with Crippen molar-refractivity contribution in [1.29, 1.82) is 0 Å². The summed E-state index contributed by atoms with van der Waals surface area (Å²) in [5.74, 6) is -1.39. The van der Waals surface area contributed by atoms with Crippen molar-refractivity contribution in [2.24, 2.45) is 5.92 Å². The molecule has 0 aliphatic rings. The lowest BCUT2D eigenvalue weighted by Gasteiger charge is -2.21. The third kappa shape index (κ3) is 3.45. The monoisotopic (exact) mass is 303 g/mol. The van der Waals surface area contributed by atoms with Crippen molar-refractivity contribution >= 4 is 21.6 Å². The first-order chi connectivity index (χ1) is 9.20. The quantitative estimate of drug-likeness (QED) is 0.771. The minimum absolute atomic E-state index is 0.00117. The van der Waals surface area contributed by atoms with Crippen LogP contribution in [0.3, 0.4) is 0 Å². The molecule has 1 aromatic carbocycles. The maximum absolute atomic E-state index is 13.0. The average Bonchev–Trinajstić information content (AvgIpc) is 2.36. The molecular formula is C12H18FN3O3S. The van der Waals surface area contributed by atoms with Crippen LogP contribution in [0.25, 0.3) is 0 Å². The smallest absolute Gasteiger partial charge is 0.244 e. The molecule has 0 saturated carbocycles. The molecule has 1 rings (SSSR count). The van der Waals surface area contributed by atoms with Gasteiger partial charge in [0.25, 0.3) is 0 Å². The van der Waals surface area contributed by atoms with Gasteiger partial charge >= 0.3 is 0 Å². The van der Waals surface area contributed by atoms with Crippen LogP contribution in [0.15, 0.2) is 23.1 Å². The minimum atomic E-state index is -3.86. The van der Waals surface area contributed by atoms with Crippen LogP contribution in [0, 0.1) is 11.7 Å². The van der Waals surface area contributed by atoms with Gasteiger partial charge in [0.1, 0.15) is 10.7 Å². The Morgan fingerprint density at radius 2 is 2.10 bits per heavy atom. The molecule has 8 heteroatoms. The predicted octanol–water partition coefficient (Wildman–Crippen LogP) is 0.411. The molecule has 1 atom stereocenters. The molecule has 0 fully saturated rings. The Balaban J connectivity index is 3.01. The summed E-state index contributed by atoms with van der Waals surface area (Å²) < 4.78 is 38.6. The summed E-state index contributed by atoms with van der Waals surface area (Å²) in [7, 11) is -1.04. The van der Waals surface area contributed by atoms with Gasteiger partial charge < -0.3 is 11.1 Å². The fourth-order valence-corrected chi connectivity index (χ4v) is 3.09. The third-order valence-corrected chi connectivity index (χ3v) is 4.78. The molecule has 112 valence electrons. The molecule has 0 aliphatic carbocycles. The Bertz CT molecular complexity index is 604. The Kier molecular flexibility index (Phi) is 5.07. The van der Waals surface area contributed by atoms with E-state index >= 15 is 0 Å². The number of carbonyl (C=O) groups excluding carboxylic acids is 1. The van der Waals surface area contributed by atoms with Gasteiger partial charge in [0.2, 0.25) is 15.9 Å². The first-order valence-corrected chi connectivity index (χ1v) is 7.37. The summed E-state index contributed by atoms with van der Waals surface area (Å²) in [6.45, 7) is 1.61. The number of halogens is 1. The standard InChI is InChI=1S/C12H18FN3O3S/c1-8(12(17)15-2)7-16(3)20(18,19)11-5-4-9(13)6-10(11)14/h4-6,8H,7,14H2,1-3H3,(H,15,17). The van der Waals surface area contributed by atoms with Gasteiger partial charge in [0, 0.05) is 26.6 Å². The highest BCUT2D eigenvalue weighted by atomic mass is 32.2. The van der Waals surface area contributed by atoms with Crippen LogP contribution in [0.1, 0.15) is 6.92 Å². The fourth-order valence-electron chi connectivity index (χ4n) is 1.74. The van der Waals surface area contributed by atoms with Crippen LogP contribution in [0.2, 0.25) is 0 Å². The Hall–Kier alpha value is -1.67. The van der Waals surface area contributed by atoms with Crippen LogP contribution in [0.5, 0.6) is 0 Å². The minimum Gasteiger partial charge on any atom is -0.398 e. The molecule has 0 bridgehead atoms. The highest BCUT2D eigenvalue weighted by Gasteiger charge is 2.26. The number of nitrogens with two attached hydrogens (primary N) is 1. The Labute approximate surface area is 117 Å². The second kappa shape index (κ2) is 6.19. The molecule has 0 saturated heterocycles. The van der Waals surface area contributed by atoms with Gasteiger partial charge in [-0.2, -0.15) is 0 Å². The highest BCUT2D eigenvalue weighted by molar-refractivity contribution is 7.89. The molecule has 0 heterocycles. The van der Waals surface area contributed by atoms with Gasteiger partial charge in [0.05, 0.1) is 5.69 Å². The lowest BCUT2D eigenvalue weighted by atomic mass is 10.2. The van der Waals surface area contributed by atoms with Crippen molar-refractivity contribution in [3.8, 4) is 0 Å². The molecule has 20 heavy (non-hydrogen) atoms. The van der Waals surface area contributed by atoms with Crippen LogP contribution in [-0.2, 0) is 14.8 Å². The molecule has 0 radical (unpaired) electrons. The second-order valence-electron chi connectivity index (χ2n) is 4.48. The van der Waals surface area contributed by atoms with Crippen molar-refractivity contribution in [3.63, 3.8) is 0 Å². The number of benzene rings is 1. The number of nitrogen functional groups attached to an aromatic ring is 1. The van der Waals surface area contributed by atoms with E-state index in [1.54, 1.807) is 6.92 Å². The zero-order chi connectivity index (χ0) is 15.5. The van der Waals surface area contributed by atoms with Gasteiger partial charge in [0.15, 0.2) is 0 Å². The largest absolute Gasteiger partial charge is 0.398 e. The van der Waals surface area contributed by atoms with Crippen molar-refractivity contribution in [3.05, 3.63) is 24.0 Å². The summed E-state index contributed by atoms with van der Waals surface area (Å²) in [6.07, 6.45) is 0. The van der Waals surface area contributed by atoms with Gasteiger partial charge in [-0.25, -0.2) is 17.1 Å². The molecule has 1 amide bonds. The summed E-state index contributed by atoms with van der Waals surface area (Å²) in [5, 5.41) is 2.45. The SMILES string of the molecule is CNC(=O)C(C)CN(C)S(=O)(=O)c1ccc(F)cc1N. The molecular weight excluding hydrogens is 285 g/mol. The topological polar surface area (TPSA) is 92.5 Å². The van der Waals surface area contributed by atoms with E-state index in [9.17, 15) is 17.6 Å². The van der Waals surface area contributed by atoms with E-state index in [-0.39, 0.29) is 23.0 Å². The van der Waals surface area contributed by atoms with Gasteiger partial charge in [-0.05, 0) is 18.2 Å². The van der Waals surface area contributed by atoms with Gasteiger partial charge in [-0.15, -0.1) is 0 Å². The van der Waals surface area contributed by atoms with Crippen molar-refractivity contribution in [2.75, 3.05) is 26.4 Å². The molecule has 6 nitrogen and oxygen atoms in total. The molecule has 1 aromatic rings. The fraction of sp³-hybridized carbons (Fsp3) is 0.417. The zero-order valence-electron chi connectivity index (χ0n) is 11.6. The van der Waals surface area contributed by atoms with Crippen molar-refractivity contribution < 1.29 is 17.6 Å². The summed E-state index contributed by atoms with van der Waals surface area (Å²) in [4.78, 5) is 11.2. The van der Waals surface area contributed by atoms with Crippen LogP contribution < -0.4 is 11.1 Å². The third-order valence-electron chi connectivity index (χ3n) is 2.89. The Morgan fingerprint density at radius 1 is 1.50 bits per heavy atom. The van der Waals surface area contributed by atoms with E-state index in [2.05, 4.69) is 5.32 Å². The number of sulfonamides is 1. The number of amides is 1. The summed E-state index contributed by atoms with van der Waals surface area (Å²) >= 11 is 0. The number of rotatable bonds is 5. The number of hydrogen-bond donors (Lipinski definition) is 2. The van der Waals surface area contributed by atoms with Crippen molar-refractivity contribution in [2.45, 2.75) is 11.8 Å². The van der Waals surface area contributed by atoms with E-state index in [4.69, 9.17) is 5.73 Å². The summed E-state index contributed by atoms with van der Waals surface area (Å²) in [5.41, 5.74) is 5.37. The number of anilines is 1. The highest BCUT2D eigenvalue weighted by Crippen LogP contribution is 2.22. The number of hydrogen-bond acceptors (Lipinski definition) is 4. The molecule has 0 aromatic heterocycles. The lowest BCUT2D eigenvalue weighted by molar-refractivity contribution is -0.124. The zero-order valence-corrected chi connectivity index (χ0v) is 12.4. The van der Waals surface area contributed by atoms with E-state index in [0.717, 1.165) is 22.5 Å². The van der Waals surface area contributed by atoms with Crippen LogP contribution in [0.4, 0.5) is 10.1 Å². The van der Waals surface area contributed by atoms with Crippen LogP contribution in [-0.4, -0.2) is 39.3 Å². The Morgan fingerprint density at radius 3 is 2.60 bits per heavy atom. The number of nitrogens with zero attached hydrogens (tertiary/aromatic N) is 1. The number of carbonyl (C=O) groups is 1. The normalized spacial score (nSPS) is 13.2. The lowest BCUT2D eigenvalue weighted by Crippen LogP contribution is -2.37. The molecule has 0 spiro atoms. The van der Waals surface area contributed by atoms with Gasteiger partial charge in [-0.1, -0.05) is 6.92 Å². The molecule has 0 aliphatic heterocycles. The first kappa shape index (κ1) is 16.4. The predicted molar refractivity (Wildman–Crippen MR) is 73.9 cm³/mol. The van der Waals surface area contributed by atoms with Crippen LogP contribution >= 0.6 is 0 Å². The van der Waals surface area contributed by atoms with E-state index < -0.39 is 21.8 Å². The van der Waals surface area contributed by atoms with E-state index in [1.165, 1.54) is 14.1 Å². The average molecular weight is 303 g/mol. The molecule has 3 N–H and O–H groups in total.